The summed E-state index contributed by atoms with van der Waals surface area (Å²) in [6.45, 7) is -21.1. The summed E-state index contributed by atoms with van der Waals surface area (Å²) in [4.78, 5) is 10.8. The van der Waals surface area contributed by atoms with Crippen LogP contribution >= 0.6 is 0 Å². The zero-order valence-corrected chi connectivity index (χ0v) is 12.9. The Hall–Kier alpha value is -1.80. The van der Waals surface area contributed by atoms with Crippen molar-refractivity contribution in [3.8, 4) is 5.75 Å². The van der Waals surface area contributed by atoms with E-state index in [9.17, 15) is 13.2 Å². The van der Waals surface area contributed by atoms with Gasteiger partial charge in [-0.05, 0) is 31.8 Å². The lowest BCUT2D eigenvalue weighted by Gasteiger charge is -2.23. The number of nitrogens with zero attached hydrogens (tertiary/aromatic N) is 1. The molecule has 0 saturated carbocycles. The lowest BCUT2D eigenvalue weighted by atomic mass is 10.1. The maximum Gasteiger partial charge on any atom is 0.255 e. The van der Waals surface area contributed by atoms with Gasteiger partial charge in [-0.15, -0.1) is 0 Å². The van der Waals surface area contributed by atoms with Crippen LogP contribution in [0.1, 0.15) is 69.7 Å². The molecule has 1 saturated heterocycles. The van der Waals surface area contributed by atoms with Crippen molar-refractivity contribution < 1.29 is 50.8 Å². The molecule has 1 atom stereocenters. The zero-order valence-electron chi connectivity index (χ0n) is 36.1. The SMILES string of the molecule is [2H]c1c(N)c(S(=O)(=O)C([2H])([2H])C([2H])([2H])[2H])c([2H])c(C(=O)NC([2H])([2H])C2([2H])N(C([2H])([2H])C([2H])([2H])[2H])C([2H])([2H])C([2H])([2H])C2([2H])[2H])c1OC([2H])([2H])[2H]. The van der Waals surface area contributed by atoms with Crippen molar-refractivity contribution >= 4 is 21.4 Å². The Balaban J connectivity index is 3.09. The second-order valence-electron chi connectivity index (χ2n) is 4.14. The third-order valence-corrected chi connectivity index (χ3v) is 3.80. The quantitative estimate of drug-likeness (QED) is 0.677. The molecule has 1 amide bonds. The summed E-state index contributed by atoms with van der Waals surface area (Å²) >= 11 is 0. The topological polar surface area (TPSA) is 102 Å². The number of likely N-dealkylation sites (N-methyl/N-ethyl adjacent to an activating group) is 1. The van der Waals surface area contributed by atoms with E-state index in [4.69, 9.17) is 38.6 Å². The van der Waals surface area contributed by atoms with E-state index in [1.54, 1.807) is 0 Å². The number of nitrogens with one attached hydrogen (secondary N) is 1. The molecule has 1 fully saturated rings. The van der Waals surface area contributed by atoms with E-state index in [2.05, 4.69) is 4.74 Å². The number of amides is 1. The van der Waals surface area contributed by atoms with Gasteiger partial charge in [-0.3, -0.25) is 9.69 Å². The highest BCUT2D eigenvalue weighted by Gasteiger charge is 2.25. The van der Waals surface area contributed by atoms with Crippen molar-refractivity contribution in [3.05, 3.63) is 17.6 Å². The molecular weight excluding hydrogens is 342 g/mol. The number of sulfone groups is 1. The van der Waals surface area contributed by atoms with E-state index >= 15 is 0 Å². The second-order valence-corrected chi connectivity index (χ2v) is 5.76. The van der Waals surface area contributed by atoms with E-state index in [0.717, 1.165) is 5.32 Å². The Kier molecular flexibility index (Phi) is 1.59. The van der Waals surface area contributed by atoms with Crippen LogP contribution in [0.3, 0.4) is 0 Å². The molecule has 1 aromatic carbocycles. The number of benzene rings is 1. The molecule has 0 aromatic heterocycles. The summed E-state index contributed by atoms with van der Waals surface area (Å²) in [5.74, 6) is -4.04. The molecule has 1 aliphatic rings. The van der Waals surface area contributed by atoms with Gasteiger partial charge in [-0.25, -0.2) is 8.42 Å². The number of rotatable bonds is 7. The highest BCUT2D eigenvalue weighted by atomic mass is 32.2. The molecule has 0 aliphatic carbocycles. The fourth-order valence-electron chi connectivity index (χ4n) is 1.58. The first kappa shape index (κ1) is 4.92. The Labute approximate surface area is 183 Å². The molecule has 2 rings (SSSR count). The van der Waals surface area contributed by atoms with Crippen molar-refractivity contribution in [2.75, 3.05) is 38.0 Å². The maximum atomic E-state index is 13.7. The number of likely N-dealkylation sites (tertiary alicyclic amines) is 1. The Morgan fingerprint density at radius 3 is 3.20 bits per heavy atom. The Morgan fingerprint density at radius 2 is 2.48 bits per heavy atom. The first-order chi connectivity index (χ1) is 21.1. The van der Waals surface area contributed by atoms with Crippen molar-refractivity contribution in [1.29, 1.82) is 0 Å². The molecule has 0 bridgehead atoms. The first-order valence-electron chi connectivity index (χ1n) is 18.1. The van der Waals surface area contributed by atoms with Gasteiger partial charge in [0.1, 0.15) is 5.75 Å². The number of hydrogen-bond donors (Lipinski definition) is 2. The Morgan fingerprint density at radius 1 is 1.64 bits per heavy atom. The fourth-order valence-corrected chi connectivity index (χ4v) is 2.26. The number of carbonyl (C=O) groups is 1. The van der Waals surface area contributed by atoms with E-state index in [1.807, 2.05) is 0 Å². The van der Waals surface area contributed by atoms with Gasteiger partial charge < -0.3 is 15.8 Å². The van der Waals surface area contributed by atoms with E-state index < -0.39 is 119 Å². The molecule has 7 nitrogen and oxygen atoms in total. The molecule has 1 aliphatic heterocycles. The maximum absolute atomic E-state index is 13.7. The van der Waals surface area contributed by atoms with Crippen LogP contribution in [-0.2, 0) is 9.84 Å². The van der Waals surface area contributed by atoms with Crippen molar-refractivity contribution in [2.45, 2.75) is 37.4 Å². The highest BCUT2D eigenvalue weighted by molar-refractivity contribution is 7.91. The van der Waals surface area contributed by atoms with Crippen LogP contribution in [0, 0.1) is 0 Å². The van der Waals surface area contributed by atoms with Gasteiger partial charge in [-0.2, -0.15) is 0 Å². The summed E-state index contributed by atoms with van der Waals surface area (Å²) < 4.78 is 220. The van der Waals surface area contributed by atoms with Crippen LogP contribution in [0.5, 0.6) is 5.75 Å². The molecule has 1 aromatic rings. The monoisotopic (exact) mass is 393 g/mol. The minimum Gasteiger partial charge on any atom is -0.496 e. The van der Waals surface area contributed by atoms with Crippen LogP contribution in [-0.4, -0.2) is 57.5 Å². The smallest absolute Gasteiger partial charge is 0.255 e. The Bertz CT molecular complexity index is 1630. The van der Waals surface area contributed by atoms with Crippen LogP contribution in [0.4, 0.5) is 5.69 Å². The van der Waals surface area contributed by atoms with Gasteiger partial charge in [0.15, 0.2) is 9.84 Å². The standard InChI is InChI=1S/C17H27N3O4S/c1-4-20-8-6-7-12(20)11-19-17(21)13-9-16(25(22,23)5-2)14(18)10-15(13)24-3/h9-10,12H,4-8,11,18H2,1-3H3,(H,19,21)/i1D3,2D3,3D3,4D2,5D2,6D2,7D2,8D2,9D,10D,11D2,12D. The van der Waals surface area contributed by atoms with E-state index in [0.29, 0.717) is 0 Å². The number of hydrogen-bond acceptors (Lipinski definition) is 6. The fraction of sp³-hybridized carbons (Fsp3) is 0.588. The summed E-state index contributed by atoms with van der Waals surface area (Å²) in [5.41, 5.74) is -2.17. The number of nitrogen functional groups attached to an aromatic ring is 1. The second kappa shape index (κ2) is 8.05. The molecule has 0 spiro atoms. The molecule has 1 heterocycles. The average molecular weight is 394 g/mol. The number of anilines is 1. The summed E-state index contributed by atoms with van der Waals surface area (Å²) in [6, 6.07) is -8.09. The number of ether oxygens (including phenoxy) is 1. The van der Waals surface area contributed by atoms with Gasteiger partial charge in [0.05, 0.1) is 38.5 Å². The van der Waals surface area contributed by atoms with Gasteiger partial charge >= 0.3 is 0 Å². The van der Waals surface area contributed by atoms with Crippen molar-refractivity contribution in [3.63, 3.8) is 0 Å². The van der Waals surface area contributed by atoms with E-state index in [1.165, 1.54) is 0 Å². The van der Waals surface area contributed by atoms with Gasteiger partial charge in [0.2, 0.25) is 0 Å². The predicted molar refractivity (Wildman–Crippen MR) is 97.7 cm³/mol. The molecule has 8 heteroatoms. The number of carbonyl (C=O) groups excluding carboxylic acids is 1. The van der Waals surface area contributed by atoms with Crippen LogP contribution in [0.25, 0.3) is 0 Å². The third kappa shape index (κ3) is 4.24. The molecular formula is C17H27N3O4S. The minimum absolute atomic E-state index is 0.971. The van der Waals surface area contributed by atoms with Gasteiger partial charge in [-0.1, -0.05) is 13.7 Å². The van der Waals surface area contributed by atoms with Crippen molar-refractivity contribution in [1.82, 2.24) is 10.2 Å². The number of methoxy groups -OCH3 is 1. The van der Waals surface area contributed by atoms with E-state index in [-0.39, 0.29) is 0 Å². The average Bonchev–Trinajstić information content (AvgIpc) is 2.92. The molecule has 0 radical (unpaired) electrons. The number of nitrogens with two attached hydrogens (primary N) is 1. The van der Waals surface area contributed by atoms with Crippen molar-refractivity contribution in [2.24, 2.45) is 0 Å². The van der Waals surface area contributed by atoms with Crippen LogP contribution in [0.15, 0.2) is 17.0 Å². The highest BCUT2D eigenvalue weighted by Crippen LogP contribution is 2.29. The molecule has 1 unspecified atom stereocenters. The lowest BCUT2D eigenvalue weighted by Crippen LogP contribution is -2.40. The minimum atomic E-state index is -6.11. The van der Waals surface area contributed by atoms with Crippen LogP contribution in [0.2, 0.25) is 0 Å². The van der Waals surface area contributed by atoms with Gasteiger partial charge in [0, 0.05) is 41.9 Å². The summed E-state index contributed by atoms with van der Waals surface area (Å²) in [7, 11) is -9.81. The zero-order chi connectivity index (χ0) is 39.5. The predicted octanol–water partition coefficient (Wildman–Crippen LogP) is 1.29. The normalized spacial score (nSPS) is 44.6. The molecule has 3 N–H and O–H groups in total. The lowest BCUT2D eigenvalue weighted by molar-refractivity contribution is 0.0938. The molecule has 25 heavy (non-hydrogen) atoms. The largest absolute Gasteiger partial charge is 0.496 e. The summed E-state index contributed by atoms with van der Waals surface area (Å²) in [6.07, 6.45) is -8.52. The molecule has 140 valence electrons. The van der Waals surface area contributed by atoms with Crippen LogP contribution < -0.4 is 15.8 Å². The summed E-state index contributed by atoms with van der Waals surface area (Å²) in [5, 5.41) is 1.14. The van der Waals surface area contributed by atoms with Gasteiger partial charge in [0.25, 0.3) is 5.91 Å². The third-order valence-electron chi connectivity index (χ3n) is 2.67. The first-order valence-corrected chi connectivity index (χ1v) is 7.55.